The Labute approximate surface area is 264 Å². The minimum absolute atomic E-state index is 0.143. The van der Waals surface area contributed by atoms with E-state index in [0.717, 1.165) is 90.0 Å². The molecule has 0 unspecified atom stereocenters. The maximum atomic E-state index is 12.6. The van der Waals surface area contributed by atoms with Crippen molar-refractivity contribution >= 4 is 34.6 Å². The van der Waals surface area contributed by atoms with Gasteiger partial charge in [0.25, 0.3) is 0 Å². The van der Waals surface area contributed by atoms with Crippen molar-refractivity contribution in [1.29, 1.82) is 0 Å². The van der Waals surface area contributed by atoms with E-state index in [1.54, 1.807) is 0 Å². The van der Waals surface area contributed by atoms with Gasteiger partial charge in [-0.1, -0.05) is 18.2 Å². The average molecular weight is 602 g/mol. The molecule has 0 saturated carbocycles. The fourth-order valence-corrected chi connectivity index (χ4v) is 5.75. The predicted octanol–water partition coefficient (Wildman–Crippen LogP) is 7.42. The zero-order valence-corrected chi connectivity index (χ0v) is 28.1. The van der Waals surface area contributed by atoms with E-state index in [0.29, 0.717) is 0 Å². The molecule has 2 amide bonds. The monoisotopic (exact) mass is 601 g/mol. The molecular weight excluding hydrogens is 550 g/mol. The smallest absolute Gasteiger partial charge is 0.221 e. The first-order chi connectivity index (χ1) is 21.1. The van der Waals surface area contributed by atoms with Crippen LogP contribution in [0.2, 0.25) is 0 Å². The Morgan fingerprint density at radius 1 is 0.636 bits per heavy atom. The Morgan fingerprint density at radius 2 is 1.09 bits per heavy atom. The minimum atomic E-state index is -0.324. The molecule has 0 fully saturated rings. The van der Waals surface area contributed by atoms with E-state index >= 15 is 0 Å². The summed E-state index contributed by atoms with van der Waals surface area (Å²) in [4.78, 5) is 35.9. The standard InChI is InChI=1S/C36H51N5O3/c1-10-39(11-2)28-17-20-31(34(22-28)37-26(8)42)36(33-24-30(19-16-25(33)7)44-41(14-5)15-6)32-21-18-29(40(12-3)13-4)23-35(32)38-27(9)43/h16-24,36H,10-15H2,1-9H3,(H,37,42)(H,38,43). The summed E-state index contributed by atoms with van der Waals surface area (Å²) in [7, 11) is 0. The average Bonchev–Trinajstić information content (AvgIpc) is 2.99. The number of hydrogen-bond acceptors (Lipinski definition) is 6. The molecule has 0 aliphatic carbocycles. The summed E-state index contributed by atoms with van der Waals surface area (Å²) in [6, 6.07) is 18.7. The summed E-state index contributed by atoms with van der Waals surface area (Å²) in [5.74, 6) is 0.128. The van der Waals surface area contributed by atoms with Crippen molar-refractivity contribution in [3.05, 3.63) is 76.9 Å². The lowest BCUT2D eigenvalue weighted by molar-refractivity contribution is -0.115. The Balaban J connectivity index is 2.40. The second kappa shape index (κ2) is 16.1. The molecule has 3 aromatic carbocycles. The van der Waals surface area contributed by atoms with Crippen molar-refractivity contribution in [3.63, 3.8) is 0 Å². The van der Waals surface area contributed by atoms with Crippen LogP contribution in [0.3, 0.4) is 0 Å². The van der Waals surface area contributed by atoms with Gasteiger partial charge in [0.2, 0.25) is 11.8 Å². The normalized spacial score (nSPS) is 11.1. The van der Waals surface area contributed by atoms with Crippen LogP contribution in [0.25, 0.3) is 0 Å². The van der Waals surface area contributed by atoms with Crippen molar-refractivity contribution in [2.75, 3.05) is 59.7 Å². The van der Waals surface area contributed by atoms with Gasteiger partial charge in [-0.25, -0.2) is 0 Å². The lowest BCUT2D eigenvalue weighted by Gasteiger charge is -2.29. The van der Waals surface area contributed by atoms with Crippen LogP contribution in [0, 0.1) is 6.92 Å². The number of rotatable bonds is 15. The van der Waals surface area contributed by atoms with E-state index in [9.17, 15) is 9.59 Å². The summed E-state index contributed by atoms with van der Waals surface area (Å²) in [5, 5.41) is 8.17. The highest BCUT2D eigenvalue weighted by Crippen LogP contribution is 2.44. The maximum Gasteiger partial charge on any atom is 0.221 e. The number of amides is 2. The van der Waals surface area contributed by atoms with E-state index in [4.69, 9.17) is 4.84 Å². The molecule has 2 N–H and O–H groups in total. The highest BCUT2D eigenvalue weighted by Gasteiger charge is 2.27. The third-order valence-corrected chi connectivity index (χ3v) is 8.08. The van der Waals surface area contributed by atoms with Crippen LogP contribution in [-0.4, -0.2) is 56.1 Å². The molecule has 0 aliphatic heterocycles. The number of hydrogen-bond donors (Lipinski definition) is 2. The van der Waals surface area contributed by atoms with Gasteiger partial charge in [0, 0.05) is 81.8 Å². The quantitative estimate of drug-likeness (QED) is 0.139. The number of nitrogens with zero attached hydrogens (tertiary/aromatic N) is 3. The zero-order chi connectivity index (χ0) is 32.4. The molecular formula is C36H51N5O3. The molecule has 44 heavy (non-hydrogen) atoms. The molecule has 0 spiro atoms. The molecule has 3 aromatic rings. The lowest BCUT2D eigenvalue weighted by atomic mass is 9.81. The topological polar surface area (TPSA) is 77.2 Å². The second-order valence-corrected chi connectivity index (χ2v) is 10.9. The summed E-state index contributed by atoms with van der Waals surface area (Å²) in [6.45, 7) is 22.7. The molecule has 0 radical (unpaired) electrons. The van der Waals surface area contributed by atoms with E-state index < -0.39 is 0 Å². The third kappa shape index (κ3) is 8.32. The first-order valence-electron chi connectivity index (χ1n) is 16.0. The molecule has 0 aromatic heterocycles. The van der Waals surface area contributed by atoms with Gasteiger partial charge < -0.3 is 25.3 Å². The minimum Gasteiger partial charge on any atom is -0.406 e. The van der Waals surface area contributed by atoms with Crippen molar-refractivity contribution in [2.45, 2.75) is 68.2 Å². The van der Waals surface area contributed by atoms with Crippen LogP contribution in [0.4, 0.5) is 22.7 Å². The fourth-order valence-electron chi connectivity index (χ4n) is 5.75. The molecule has 0 bridgehead atoms. The Morgan fingerprint density at radius 3 is 1.48 bits per heavy atom. The SMILES string of the molecule is CCN(CC)Oc1ccc(C)c(C(c2ccc(N(CC)CC)cc2NC(C)=O)c2ccc(N(CC)CC)cc2NC(C)=O)c1. The van der Waals surface area contributed by atoms with Crippen molar-refractivity contribution in [2.24, 2.45) is 0 Å². The van der Waals surface area contributed by atoms with Crippen LogP contribution < -0.4 is 25.3 Å². The number of nitrogens with one attached hydrogen (secondary N) is 2. The summed E-state index contributed by atoms with van der Waals surface area (Å²) in [6.07, 6.45) is 0. The van der Waals surface area contributed by atoms with E-state index in [1.165, 1.54) is 13.8 Å². The summed E-state index contributed by atoms with van der Waals surface area (Å²) < 4.78 is 0. The van der Waals surface area contributed by atoms with Crippen LogP contribution in [0.5, 0.6) is 5.75 Å². The van der Waals surface area contributed by atoms with Gasteiger partial charge >= 0.3 is 0 Å². The number of anilines is 4. The van der Waals surface area contributed by atoms with Crippen molar-refractivity contribution < 1.29 is 14.4 Å². The van der Waals surface area contributed by atoms with Gasteiger partial charge in [-0.15, -0.1) is 5.06 Å². The molecule has 0 saturated heterocycles. The maximum absolute atomic E-state index is 12.6. The van der Waals surface area contributed by atoms with Crippen LogP contribution in [-0.2, 0) is 9.59 Å². The Bertz CT molecular complexity index is 1340. The van der Waals surface area contributed by atoms with Crippen LogP contribution >= 0.6 is 0 Å². The van der Waals surface area contributed by atoms with Crippen molar-refractivity contribution in [1.82, 2.24) is 5.06 Å². The number of carbonyl (C=O) groups is 2. The van der Waals surface area contributed by atoms with Gasteiger partial charge in [0.05, 0.1) is 0 Å². The molecule has 0 atom stereocenters. The lowest BCUT2D eigenvalue weighted by Crippen LogP contribution is -2.26. The number of hydroxylamine groups is 2. The van der Waals surface area contributed by atoms with Gasteiger partial charge in [-0.3, -0.25) is 9.59 Å². The van der Waals surface area contributed by atoms with Gasteiger partial charge in [0.15, 0.2) is 0 Å². The van der Waals surface area contributed by atoms with E-state index in [2.05, 4.69) is 117 Å². The van der Waals surface area contributed by atoms with Crippen LogP contribution in [0.1, 0.15) is 83.6 Å². The molecule has 8 heteroatoms. The fraction of sp³-hybridized carbons (Fsp3) is 0.444. The second-order valence-electron chi connectivity index (χ2n) is 10.9. The number of benzene rings is 3. The first-order valence-corrected chi connectivity index (χ1v) is 16.0. The van der Waals surface area contributed by atoms with Crippen LogP contribution in [0.15, 0.2) is 54.6 Å². The predicted molar refractivity (Wildman–Crippen MR) is 184 cm³/mol. The zero-order valence-electron chi connectivity index (χ0n) is 28.1. The third-order valence-electron chi connectivity index (χ3n) is 8.08. The number of aryl methyl sites for hydroxylation is 1. The van der Waals surface area contributed by atoms with Gasteiger partial charge in [-0.2, -0.15) is 0 Å². The van der Waals surface area contributed by atoms with Crippen molar-refractivity contribution in [3.8, 4) is 5.75 Å². The summed E-state index contributed by atoms with van der Waals surface area (Å²) in [5.41, 5.74) is 7.52. The largest absolute Gasteiger partial charge is 0.406 e. The molecule has 238 valence electrons. The van der Waals surface area contributed by atoms with E-state index in [-0.39, 0.29) is 17.7 Å². The van der Waals surface area contributed by atoms with E-state index in [1.807, 2.05) is 11.1 Å². The first kappa shape index (κ1) is 34.5. The molecule has 8 nitrogen and oxygen atoms in total. The molecule has 0 aliphatic rings. The Hall–Kier alpha value is -4.04. The molecule has 0 heterocycles. The van der Waals surface area contributed by atoms with Gasteiger partial charge in [-0.05, 0) is 107 Å². The summed E-state index contributed by atoms with van der Waals surface area (Å²) >= 11 is 0. The number of carbonyl (C=O) groups excluding carboxylic acids is 2. The molecule has 3 rings (SSSR count). The highest BCUT2D eigenvalue weighted by molar-refractivity contribution is 5.93. The van der Waals surface area contributed by atoms with Gasteiger partial charge in [0.1, 0.15) is 5.75 Å². The Kier molecular flexibility index (Phi) is 12.6. The highest BCUT2D eigenvalue weighted by atomic mass is 16.7.